The number of hydrogen-bond acceptors (Lipinski definition) is 7. The van der Waals surface area contributed by atoms with Crippen LogP contribution in [0.25, 0.3) is 0 Å². The summed E-state index contributed by atoms with van der Waals surface area (Å²) in [4.78, 5) is 11.1. The summed E-state index contributed by atoms with van der Waals surface area (Å²) in [7, 11) is 1.82. The minimum atomic E-state index is -0.204. The van der Waals surface area contributed by atoms with Gasteiger partial charge in [-0.3, -0.25) is 9.88 Å². The van der Waals surface area contributed by atoms with Gasteiger partial charge < -0.3 is 10.1 Å². The highest BCUT2D eigenvalue weighted by Crippen LogP contribution is 2.42. The Morgan fingerprint density at radius 3 is 2.77 bits per heavy atom. The van der Waals surface area contributed by atoms with E-state index in [2.05, 4.69) is 42.6 Å². The molecule has 2 aliphatic heterocycles. The molecule has 0 amide bonds. The summed E-state index contributed by atoms with van der Waals surface area (Å²) >= 11 is 6.30. The Labute approximate surface area is 186 Å². The number of piperidine rings is 1. The SMILES string of the molecule is CNc1cnc(Cn2cc(CN3CCC4(CC3)OCCc3ccc(Cl)cc34)nn2)cn1. The molecule has 0 bridgehead atoms. The van der Waals surface area contributed by atoms with Crippen LogP contribution in [-0.4, -0.2) is 56.6 Å². The number of anilines is 1. The van der Waals surface area contributed by atoms with Crippen LogP contribution in [-0.2, 0) is 29.8 Å². The molecule has 1 spiro atoms. The fourth-order valence-electron chi connectivity index (χ4n) is 4.56. The van der Waals surface area contributed by atoms with E-state index in [1.807, 2.05) is 24.0 Å². The number of rotatable bonds is 5. The highest BCUT2D eigenvalue weighted by Gasteiger charge is 2.40. The van der Waals surface area contributed by atoms with E-state index in [0.717, 1.165) is 67.7 Å². The van der Waals surface area contributed by atoms with Crippen molar-refractivity contribution in [3.63, 3.8) is 0 Å². The van der Waals surface area contributed by atoms with Gasteiger partial charge in [-0.1, -0.05) is 22.9 Å². The zero-order chi connectivity index (χ0) is 21.3. The van der Waals surface area contributed by atoms with Crippen molar-refractivity contribution >= 4 is 17.4 Å². The molecule has 9 heteroatoms. The van der Waals surface area contributed by atoms with E-state index in [4.69, 9.17) is 16.3 Å². The van der Waals surface area contributed by atoms with Crippen molar-refractivity contribution in [2.24, 2.45) is 0 Å². The molecule has 5 rings (SSSR count). The van der Waals surface area contributed by atoms with Gasteiger partial charge in [-0.15, -0.1) is 5.10 Å². The molecule has 31 heavy (non-hydrogen) atoms. The lowest BCUT2D eigenvalue weighted by atomic mass is 9.79. The van der Waals surface area contributed by atoms with E-state index in [-0.39, 0.29) is 5.60 Å². The van der Waals surface area contributed by atoms with Crippen LogP contribution in [0.5, 0.6) is 0 Å². The molecule has 0 aliphatic carbocycles. The highest BCUT2D eigenvalue weighted by atomic mass is 35.5. The number of fused-ring (bicyclic) bond motifs is 2. The number of nitrogens with one attached hydrogen (secondary N) is 1. The van der Waals surface area contributed by atoms with Gasteiger partial charge >= 0.3 is 0 Å². The van der Waals surface area contributed by atoms with Gasteiger partial charge in [-0.2, -0.15) is 0 Å². The normalized spacial score (nSPS) is 18.1. The van der Waals surface area contributed by atoms with Gasteiger partial charge in [-0.25, -0.2) is 9.67 Å². The van der Waals surface area contributed by atoms with E-state index in [9.17, 15) is 0 Å². The number of benzene rings is 1. The molecule has 2 aliphatic rings. The first kappa shape index (κ1) is 20.4. The first-order valence-corrected chi connectivity index (χ1v) is 11.0. The van der Waals surface area contributed by atoms with E-state index >= 15 is 0 Å². The zero-order valence-electron chi connectivity index (χ0n) is 17.6. The predicted molar refractivity (Wildman–Crippen MR) is 118 cm³/mol. The third-order valence-corrected chi connectivity index (χ3v) is 6.47. The molecule has 8 nitrogen and oxygen atoms in total. The molecular weight excluding hydrogens is 414 g/mol. The second-order valence-corrected chi connectivity index (χ2v) is 8.66. The average molecular weight is 440 g/mol. The minimum absolute atomic E-state index is 0.204. The number of hydrogen-bond donors (Lipinski definition) is 1. The summed E-state index contributed by atoms with van der Waals surface area (Å²) in [6.07, 6.45) is 8.35. The Bertz CT molecular complexity index is 1040. The Morgan fingerprint density at radius 1 is 1.13 bits per heavy atom. The third kappa shape index (κ3) is 4.28. The quantitative estimate of drug-likeness (QED) is 0.654. The van der Waals surface area contributed by atoms with E-state index in [1.165, 1.54) is 11.1 Å². The lowest BCUT2D eigenvalue weighted by molar-refractivity contribution is -0.0990. The molecule has 1 saturated heterocycles. The van der Waals surface area contributed by atoms with Crippen LogP contribution in [0.3, 0.4) is 0 Å². The molecule has 162 valence electrons. The van der Waals surface area contributed by atoms with Gasteiger partial charge in [0.2, 0.25) is 0 Å². The summed E-state index contributed by atoms with van der Waals surface area (Å²) in [5, 5.41) is 12.4. The Balaban J connectivity index is 1.21. The molecule has 0 radical (unpaired) electrons. The van der Waals surface area contributed by atoms with E-state index in [0.29, 0.717) is 6.54 Å². The van der Waals surface area contributed by atoms with Gasteiger partial charge in [0.25, 0.3) is 0 Å². The van der Waals surface area contributed by atoms with Gasteiger partial charge in [0.15, 0.2) is 0 Å². The molecule has 1 aromatic carbocycles. The Morgan fingerprint density at radius 2 is 2.00 bits per heavy atom. The standard InChI is InChI=1S/C22H26ClN7O/c1-24-21-12-25-18(11-26-21)14-30-15-19(27-28-30)13-29-7-5-22(6-8-29)20-10-17(23)3-2-16(20)4-9-31-22/h2-3,10-12,15H,4-9,13-14H2,1H3,(H,24,26). The van der Waals surface area contributed by atoms with Crippen LogP contribution in [0.1, 0.15) is 35.4 Å². The lowest BCUT2D eigenvalue weighted by Gasteiger charge is -2.45. The first-order chi connectivity index (χ1) is 15.1. The maximum atomic E-state index is 6.34. The second-order valence-electron chi connectivity index (χ2n) is 8.22. The van der Waals surface area contributed by atoms with Crippen LogP contribution in [0.2, 0.25) is 5.02 Å². The van der Waals surface area contributed by atoms with Crippen molar-refractivity contribution in [3.05, 3.63) is 64.3 Å². The summed E-state index contributed by atoms with van der Waals surface area (Å²) in [6.45, 7) is 4.02. The van der Waals surface area contributed by atoms with Crippen LogP contribution in [0.15, 0.2) is 36.8 Å². The Hall–Kier alpha value is -2.55. The lowest BCUT2D eigenvalue weighted by Crippen LogP contribution is -2.46. The summed E-state index contributed by atoms with van der Waals surface area (Å²) in [6, 6.07) is 6.24. The van der Waals surface area contributed by atoms with Crippen LogP contribution < -0.4 is 5.32 Å². The Kier molecular flexibility index (Phi) is 5.60. The molecule has 0 unspecified atom stereocenters. The summed E-state index contributed by atoms with van der Waals surface area (Å²) in [5.74, 6) is 0.748. The molecule has 1 N–H and O–H groups in total. The third-order valence-electron chi connectivity index (χ3n) is 6.23. The van der Waals surface area contributed by atoms with Crippen molar-refractivity contribution in [1.82, 2.24) is 29.9 Å². The van der Waals surface area contributed by atoms with Crippen molar-refractivity contribution in [1.29, 1.82) is 0 Å². The number of likely N-dealkylation sites (tertiary alicyclic amines) is 1. The smallest absolute Gasteiger partial charge is 0.144 e. The largest absolute Gasteiger partial charge is 0.372 e. The second kappa shape index (κ2) is 8.53. The molecule has 0 saturated carbocycles. The highest BCUT2D eigenvalue weighted by molar-refractivity contribution is 6.30. The fourth-order valence-corrected chi connectivity index (χ4v) is 4.73. The first-order valence-electron chi connectivity index (χ1n) is 10.7. The number of halogens is 1. The summed E-state index contributed by atoms with van der Waals surface area (Å²) in [5.41, 5.74) is 4.26. The monoisotopic (exact) mass is 439 g/mol. The zero-order valence-corrected chi connectivity index (χ0v) is 18.3. The molecule has 1 fully saturated rings. The number of aromatic nitrogens is 5. The molecule has 0 atom stereocenters. The molecule has 3 aromatic rings. The number of ether oxygens (including phenoxy) is 1. The van der Waals surface area contributed by atoms with Gasteiger partial charge in [0.1, 0.15) is 5.82 Å². The van der Waals surface area contributed by atoms with Crippen LogP contribution in [0.4, 0.5) is 5.82 Å². The van der Waals surface area contributed by atoms with Crippen molar-refractivity contribution in [3.8, 4) is 0 Å². The van der Waals surface area contributed by atoms with Crippen molar-refractivity contribution < 1.29 is 4.74 Å². The van der Waals surface area contributed by atoms with Crippen LogP contribution >= 0.6 is 11.6 Å². The minimum Gasteiger partial charge on any atom is -0.372 e. The van der Waals surface area contributed by atoms with Gasteiger partial charge in [0, 0.05) is 31.7 Å². The van der Waals surface area contributed by atoms with Crippen LogP contribution in [0, 0.1) is 0 Å². The van der Waals surface area contributed by atoms with Gasteiger partial charge in [0.05, 0.1) is 48.7 Å². The van der Waals surface area contributed by atoms with E-state index < -0.39 is 0 Å². The molecular formula is C22H26ClN7O. The number of nitrogens with zero attached hydrogens (tertiary/aromatic N) is 6. The van der Waals surface area contributed by atoms with E-state index in [1.54, 1.807) is 12.4 Å². The van der Waals surface area contributed by atoms with Crippen molar-refractivity contribution in [2.75, 3.05) is 32.1 Å². The van der Waals surface area contributed by atoms with Gasteiger partial charge in [-0.05, 0) is 42.5 Å². The predicted octanol–water partition coefficient (Wildman–Crippen LogP) is 2.88. The fraction of sp³-hybridized carbons (Fsp3) is 0.455. The molecule has 2 aromatic heterocycles. The summed E-state index contributed by atoms with van der Waals surface area (Å²) < 4.78 is 8.15. The van der Waals surface area contributed by atoms with Crippen molar-refractivity contribution in [2.45, 2.75) is 38.0 Å². The topological polar surface area (TPSA) is 81.0 Å². The molecule has 4 heterocycles. The average Bonchev–Trinajstić information content (AvgIpc) is 3.23. The maximum absolute atomic E-state index is 6.34. The maximum Gasteiger partial charge on any atom is 0.144 e.